The Balaban J connectivity index is 1.50. The molecule has 1 aromatic carbocycles. The molecule has 0 unspecified atom stereocenters. The number of urea groups is 1. The Morgan fingerprint density at radius 1 is 1.18 bits per heavy atom. The number of carboxylic acid groups (broad SMARTS) is 1. The highest BCUT2D eigenvalue weighted by Crippen LogP contribution is 2.43. The second-order valence-electron chi connectivity index (χ2n) is 8.03. The maximum absolute atomic E-state index is 12.9. The number of benzene rings is 1. The number of aromatic nitrogens is 1. The predicted octanol–water partition coefficient (Wildman–Crippen LogP) is 1.24. The molecule has 28 heavy (non-hydrogen) atoms. The van der Waals surface area contributed by atoms with Gasteiger partial charge in [0.05, 0.1) is 6.42 Å². The zero-order valence-corrected chi connectivity index (χ0v) is 16.0. The van der Waals surface area contributed by atoms with Crippen molar-refractivity contribution in [1.82, 2.24) is 19.7 Å². The number of carbonyl (C=O) groups is 3. The highest BCUT2D eigenvalue weighted by molar-refractivity contribution is 5.90. The molecule has 0 bridgehead atoms. The van der Waals surface area contributed by atoms with E-state index in [0.29, 0.717) is 13.1 Å². The number of para-hydroxylation sites is 1. The van der Waals surface area contributed by atoms with Crippen LogP contribution in [0.3, 0.4) is 0 Å². The second-order valence-corrected chi connectivity index (χ2v) is 8.03. The lowest BCUT2D eigenvalue weighted by molar-refractivity contribution is -0.149. The largest absolute Gasteiger partial charge is 0.481 e. The highest BCUT2D eigenvalue weighted by atomic mass is 16.4. The van der Waals surface area contributed by atoms with Crippen LogP contribution in [0, 0.1) is 11.3 Å². The molecule has 0 saturated carbocycles. The predicted molar refractivity (Wildman–Crippen MR) is 103 cm³/mol. The number of aromatic amines is 1. The third kappa shape index (κ3) is 2.80. The minimum absolute atomic E-state index is 0.0785. The van der Waals surface area contributed by atoms with Crippen molar-refractivity contribution in [1.29, 1.82) is 0 Å². The molecule has 2 aliphatic rings. The molecule has 0 radical (unpaired) electrons. The molecule has 148 valence electrons. The summed E-state index contributed by atoms with van der Waals surface area (Å²) in [6.45, 7) is 1.01. The van der Waals surface area contributed by atoms with E-state index in [0.717, 1.165) is 16.5 Å². The van der Waals surface area contributed by atoms with Crippen LogP contribution in [0.2, 0.25) is 0 Å². The zero-order chi connectivity index (χ0) is 20.1. The first-order valence-corrected chi connectivity index (χ1v) is 9.34. The molecular formula is C20H24N4O4. The fraction of sp³-hybridized carbons (Fsp3) is 0.450. The minimum atomic E-state index is -1.08. The molecule has 3 amide bonds. The van der Waals surface area contributed by atoms with Gasteiger partial charge >= 0.3 is 12.0 Å². The van der Waals surface area contributed by atoms with Crippen LogP contribution < -0.4 is 0 Å². The third-order valence-corrected chi connectivity index (χ3v) is 6.06. The quantitative estimate of drug-likeness (QED) is 0.832. The number of H-pyrrole nitrogens is 1. The first-order valence-electron chi connectivity index (χ1n) is 9.34. The van der Waals surface area contributed by atoms with E-state index in [9.17, 15) is 19.5 Å². The molecule has 0 spiro atoms. The van der Waals surface area contributed by atoms with Crippen LogP contribution >= 0.6 is 0 Å². The van der Waals surface area contributed by atoms with Gasteiger partial charge in [0.2, 0.25) is 5.91 Å². The molecule has 8 nitrogen and oxygen atoms in total. The van der Waals surface area contributed by atoms with Crippen molar-refractivity contribution in [2.45, 2.75) is 6.42 Å². The number of aliphatic carboxylic acids is 1. The normalized spacial score (nSPS) is 23.9. The summed E-state index contributed by atoms with van der Waals surface area (Å²) in [6.07, 6.45) is 2.07. The first-order chi connectivity index (χ1) is 13.3. The van der Waals surface area contributed by atoms with Crippen molar-refractivity contribution >= 4 is 28.8 Å². The topological polar surface area (TPSA) is 97.0 Å². The standard InChI is InChI=1S/C20H24N4O4/c1-22(2)19(28)24-10-14-9-23(11-20(14,12-24)18(26)27)17(25)7-13-8-21-16-6-4-3-5-15(13)16/h3-6,8,14,21H,7,9-12H2,1-2H3,(H,26,27)/t14-,20-/m0/s1. The van der Waals surface area contributed by atoms with E-state index in [1.54, 1.807) is 23.9 Å². The Labute approximate surface area is 162 Å². The first kappa shape index (κ1) is 18.3. The number of hydrogen-bond donors (Lipinski definition) is 2. The zero-order valence-electron chi connectivity index (χ0n) is 16.0. The summed E-state index contributed by atoms with van der Waals surface area (Å²) in [6, 6.07) is 7.60. The van der Waals surface area contributed by atoms with Gasteiger partial charge in [0.1, 0.15) is 5.41 Å². The van der Waals surface area contributed by atoms with Gasteiger partial charge in [0.25, 0.3) is 0 Å². The van der Waals surface area contributed by atoms with E-state index in [4.69, 9.17) is 0 Å². The van der Waals surface area contributed by atoms with Crippen LogP contribution in [0.5, 0.6) is 0 Å². The van der Waals surface area contributed by atoms with Gasteiger partial charge in [-0.2, -0.15) is 0 Å². The summed E-state index contributed by atoms with van der Waals surface area (Å²) in [5.41, 5.74) is 0.802. The van der Waals surface area contributed by atoms with Crippen molar-refractivity contribution in [3.63, 3.8) is 0 Å². The van der Waals surface area contributed by atoms with Crippen LogP contribution in [0.4, 0.5) is 4.79 Å². The monoisotopic (exact) mass is 384 g/mol. The lowest BCUT2D eigenvalue weighted by Gasteiger charge is -2.27. The number of nitrogens with one attached hydrogen (secondary N) is 1. The van der Waals surface area contributed by atoms with Gasteiger partial charge in [-0.1, -0.05) is 18.2 Å². The van der Waals surface area contributed by atoms with Crippen molar-refractivity contribution in [2.75, 3.05) is 40.3 Å². The molecular weight excluding hydrogens is 360 g/mol. The Morgan fingerprint density at radius 2 is 1.86 bits per heavy atom. The smallest absolute Gasteiger partial charge is 0.319 e. The number of carbonyl (C=O) groups excluding carboxylic acids is 2. The Bertz CT molecular complexity index is 953. The van der Waals surface area contributed by atoms with Gasteiger partial charge in [-0.25, -0.2) is 4.79 Å². The molecule has 2 saturated heterocycles. The van der Waals surface area contributed by atoms with E-state index >= 15 is 0 Å². The van der Waals surface area contributed by atoms with Gasteiger partial charge in [-0.05, 0) is 11.6 Å². The number of fused-ring (bicyclic) bond motifs is 2. The van der Waals surface area contributed by atoms with Crippen molar-refractivity contribution in [3.05, 3.63) is 36.0 Å². The summed E-state index contributed by atoms with van der Waals surface area (Å²) in [5.74, 6) is -1.26. The molecule has 2 fully saturated rings. The molecule has 2 atom stereocenters. The van der Waals surface area contributed by atoms with E-state index < -0.39 is 11.4 Å². The molecule has 8 heteroatoms. The highest BCUT2D eigenvalue weighted by Gasteiger charge is 2.59. The van der Waals surface area contributed by atoms with Crippen LogP contribution in [0.1, 0.15) is 5.56 Å². The van der Waals surface area contributed by atoms with E-state index in [-0.39, 0.29) is 37.4 Å². The van der Waals surface area contributed by atoms with E-state index in [1.807, 2.05) is 30.5 Å². The lowest BCUT2D eigenvalue weighted by Crippen LogP contribution is -2.45. The van der Waals surface area contributed by atoms with Gasteiger partial charge in [0.15, 0.2) is 0 Å². The minimum Gasteiger partial charge on any atom is -0.481 e. The Kier molecular flexibility index (Phi) is 4.28. The number of hydrogen-bond acceptors (Lipinski definition) is 3. The summed E-state index contributed by atoms with van der Waals surface area (Å²) in [5, 5.41) is 10.9. The van der Waals surface area contributed by atoms with Gasteiger partial charge in [-0.15, -0.1) is 0 Å². The molecule has 0 aliphatic carbocycles. The average Bonchev–Trinajstić information content (AvgIpc) is 3.32. The third-order valence-electron chi connectivity index (χ3n) is 6.06. The molecule has 2 aliphatic heterocycles. The van der Waals surface area contributed by atoms with Crippen LogP contribution in [-0.2, 0) is 16.0 Å². The second kappa shape index (κ2) is 6.54. The Hall–Kier alpha value is -3.03. The van der Waals surface area contributed by atoms with Crippen molar-refractivity contribution < 1.29 is 19.5 Å². The summed E-state index contributed by atoms with van der Waals surface area (Å²) >= 11 is 0. The summed E-state index contributed by atoms with van der Waals surface area (Å²) < 4.78 is 0. The fourth-order valence-electron chi connectivity index (χ4n) is 4.54. The number of amides is 3. The maximum atomic E-state index is 12.9. The fourth-order valence-corrected chi connectivity index (χ4v) is 4.54. The van der Waals surface area contributed by atoms with Gasteiger partial charge in [0, 0.05) is 63.3 Å². The van der Waals surface area contributed by atoms with Crippen LogP contribution in [0.15, 0.2) is 30.5 Å². The Morgan fingerprint density at radius 3 is 2.54 bits per heavy atom. The van der Waals surface area contributed by atoms with Gasteiger partial charge < -0.3 is 24.8 Å². The summed E-state index contributed by atoms with van der Waals surface area (Å²) in [4.78, 5) is 45.1. The molecule has 2 N–H and O–H groups in total. The molecule has 1 aromatic heterocycles. The van der Waals surface area contributed by atoms with Crippen molar-refractivity contribution in [2.24, 2.45) is 11.3 Å². The lowest BCUT2D eigenvalue weighted by atomic mass is 9.81. The SMILES string of the molecule is CN(C)C(=O)N1C[C@@H]2CN(C(=O)Cc3c[nH]c4ccccc34)C[C@]2(C(=O)O)C1. The maximum Gasteiger partial charge on any atom is 0.319 e. The molecule has 4 rings (SSSR count). The number of likely N-dealkylation sites (tertiary alicyclic amines) is 2. The number of carboxylic acids is 1. The van der Waals surface area contributed by atoms with E-state index in [2.05, 4.69) is 4.98 Å². The van der Waals surface area contributed by atoms with E-state index in [1.165, 1.54) is 4.90 Å². The van der Waals surface area contributed by atoms with Crippen LogP contribution in [0.25, 0.3) is 10.9 Å². The van der Waals surface area contributed by atoms with Crippen molar-refractivity contribution in [3.8, 4) is 0 Å². The van der Waals surface area contributed by atoms with Gasteiger partial charge in [-0.3, -0.25) is 9.59 Å². The number of rotatable bonds is 3. The van der Waals surface area contributed by atoms with Crippen LogP contribution in [-0.4, -0.2) is 83.0 Å². The summed E-state index contributed by atoms with van der Waals surface area (Å²) in [7, 11) is 3.31. The number of nitrogens with zero attached hydrogens (tertiary/aromatic N) is 3. The molecule has 2 aromatic rings. The molecule has 3 heterocycles. The average molecular weight is 384 g/mol.